The van der Waals surface area contributed by atoms with E-state index < -0.39 is 11.9 Å². The van der Waals surface area contributed by atoms with Crippen molar-refractivity contribution in [3.05, 3.63) is 53.6 Å². The summed E-state index contributed by atoms with van der Waals surface area (Å²) < 4.78 is 0. The molecule has 0 saturated carbocycles. The van der Waals surface area contributed by atoms with Crippen LogP contribution in [0.2, 0.25) is 0 Å². The molecule has 0 bridgehead atoms. The Morgan fingerprint density at radius 2 is 1.91 bits per heavy atom. The average molecular weight is 299 g/mol. The molecular formula is C16H17N3O3. The van der Waals surface area contributed by atoms with Crippen LogP contribution < -0.4 is 5.32 Å². The molecule has 114 valence electrons. The number of hydrogen-bond donors (Lipinski definition) is 2. The zero-order valence-electron chi connectivity index (χ0n) is 12.4. The fourth-order valence-corrected chi connectivity index (χ4v) is 1.94. The Morgan fingerprint density at radius 1 is 1.23 bits per heavy atom. The van der Waals surface area contributed by atoms with E-state index in [2.05, 4.69) is 15.3 Å². The Hall–Kier alpha value is -2.76. The summed E-state index contributed by atoms with van der Waals surface area (Å²) in [6.07, 6.45) is 1.80. The van der Waals surface area contributed by atoms with E-state index in [9.17, 15) is 9.59 Å². The van der Waals surface area contributed by atoms with E-state index in [-0.39, 0.29) is 5.91 Å². The highest BCUT2D eigenvalue weighted by Crippen LogP contribution is 2.14. The second-order valence-electron chi connectivity index (χ2n) is 5.14. The van der Waals surface area contributed by atoms with E-state index in [0.29, 0.717) is 17.8 Å². The van der Waals surface area contributed by atoms with Gasteiger partial charge in [-0.05, 0) is 37.1 Å². The maximum absolute atomic E-state index is 12.0. The van der Waals surface area contributed by atoms with Gasteiger partial charge in [-0.1, -0.05) is 19.1 Å². The van der Waals surface area contributed by atoms with Gasteiger partial charge in [0.15, 0.2) is 0 Å². The van der Waals surface area contributed by atoms with Gasteiger partial charge >= 0.3 is 5.97 Å². The zero-order chi connectivity index (χ0) is 16.1. The number of amides is 1. The summed E-state index contributed by atoms with van der Waals surface area (Å²) >= 11 is 0. The molecule has 1 aromatic carbocycles. The molecule has 0 fully saturated rings. The maximum atomic E-state index is 12.0. The van der Waals surface area contributed by atoms with Gasteiger partial charge in [0.2, 0.25) is 0 Å². The average Bonchev–Trinajstić information content (AvgIpc) is 2.49. The predicted octanol–water partition coefficient (Wildman–Crippen LogP) is 2.30. The molecule has 1 atom stereocenters. The van der Waals surface area contributed by atoms with E-state index >= 15 is 0 Å². The monoisotopic (exact) mass is 299 g/mol. The summed E-state index contributed by atoms with van der Waals surface area (Å²) in [4.78, 5) is 30.7. The van der Waals surface area contributed by atoms with Gasteiger partial charge in [0.25, 0.3) is 5.91 Å². The van der Waals surface area contributed by atoms with Gasteiger partial charge in [0.05, 0.1) is 5.92 Å². The number of carbonyl (C=O) groups excluding carboxylic acids is 1. The van der Waals surface area contributed by atoms with Crippen molar-refractivity contribution in [2.24, 2.45) is 5.92 Å². The summed E-state index contributed by atoms with van der Waals surface area (Å²) in [5.41, 5.74) is 2.56. The minimum atomic E-state index is -0.823. The topological polar surface area (TPSA) is 92.2 Å². The molecule has 1 heterocycles. The molecule has 6 heteroatoms. The molecule has 1 amide bonds. The maximum Gasteiger partial charge on any atom is 0.306 e. The summed E-state index contributed by atoms with van der Waals surface area (Å²) in [6.45, 7) is 3.45. The molecule has 2 aromatic rings. The molecule has 0 saturated heterocycles. The second kappa shape index (κ2) is 6.80. The number of aryl methyl sites for hydroxylation is 1. The number of carbonyl (C=O) groups is 2. The summed E-state index contributed by atoms with van der Waals surface area (Å²) in [7, 11) is 0. The third-order valence-corrected chi connectivity index (χ3v) is 3.21. The molecule has 0 aliphatic carbocycles. The van der Waals surface area contributed by atoms with Crippen molar-refractivity contribution >= 4 is 17.6 Å². The number of benzene rings is 1. The number of hydrogen-bond acceptors (Lipinski definition) is 4. The van der Waals surface area contributed by atoms with Crippen LogP contribution in [0.25, 0.3) is 0 Å². The highest BCUT2D eigenvalue weighted by atomic mass is 16.4. The van der Waals surface area contributed by atoms with Gasteiger partial charge < -0.3 is 10.4 Å². The van der Waals surface area contributed by atoms with Gasteiger partial charge in [-0.2, -0.15) is 0 Å². The number of carboxylic acids is 1. The smallest absolute Gasteiger partial charge is 0.306 e. The van der Waals surface area contributed by atoms with Crippen molar-refractivity contribution in [1.82, 2.24) is 9.97 Å². The van der Waals surface area contributed by atoms with Crippen molar-refractivity contribution in [3.63, 3.8) is 0 Å². The number of nitrogens with zero attached hydrogens (tertiary/aromatic N) is 2. The Balaban J connectivity index is 2.02. The van der Waals surface area contributed by atoms with Gasteiger partial charge in [0.1, 0.15) is 12.0 Å². The van der Waals surface area contributed by atoms with Crippen molar-refractivity contribution in [2.45, 2.75) is 20.3 Å². The summed E-state index contributed by atoms with van der Waals surface area (Å²) in [5.74, 6) is -1.57. The van der Waals surface area contributed by atoms with Crippen molar-refractivity contribution in [2.75, 3.05) is 5.32 Å². The van der Waals surface area contributed by atoms with Crippen LogP contribution in [-0.2, 0) is 11.2 Å². The molecule has 6 nitrogen and oxygen atoms in total. The van der Waals surface area contributed by atoms with Crippen LogP contribution >= 0.6 is 0 Å². The first-order valence-electron chi connectivity index (χ1n) is 6.87. The fraction of sp³-hybridized carbons (Fsp3) is 0.250. The molecule has 2 N–H and O–H groups in total. The number of anilines is 1. The van der Waals surface area contributed by atoms with Gasteiger partial charge in [0, 0.05) is 11.4 Å². The van der Waals surface area contributed by atoms with Gasteiger partial charge in [-0.25, -0.2) is 9.97 Å². The first-order chi connectivity index (χ1) is 10.5. The van der Waals surface area contributed by atoms with Crippen LogP contribution in [0.5, 0.6) is 0 Å². The van der Waals surface area contributed by atoms with Crippen LogP contribution in [0.1, 0.15) is 28.7 Å². The highest BCUT2D eigenvalue weighted by molar-refractivity contribution is 6.02. The zero-order valence-corrected chi connectivity index (χ0v) is 12.4. The molecule has 0 spiro atoms. The normalized spacial score (nSPS) is 11.7. The Morgan fingerprint density at radius 3 is 2.50 bits per heavy atom. The predicted molar refractivity (Wildman–Crippen MR) is 81.7 cm³/mol. The molecule has 0 aliphatic rings. The molecule has 0 aliphatic heterocycles. The number of rotatable bonds is 5. The van der Waals surface area contributed by atoms with Crippen LogP contribution in [0.4, 0.5) is 5.69 Å². The lowest BCUT2D eigenvalue weighted by atomic mass is 10.0. The van der Waals surface area contributed by atoms with Gasteiger partial charge in [-0.3, -0.25) is 9.59 Å². The summed E-state index contributed by atoms with van der Waals surface area (Å²) in [5, 5.41) is 11.6. The lowest BCUT2D eigenvalue weighted by Gasteiger charge is -2.08. The molecule has 1 aromatic heterocycles. The van der Waals surface area contributed by atoms with Crippen molar-refractivity contribution in [1.29, 1.82) is 0 Å². The third-order valence-electron chi connectivity index (χ3n) is 3.21. The highest BCUT2D eigenvalue weighted by Gasteiger charge is 2.12. The van der Waals surface area contributed by atoms with E-state index in [1.165, 1.54) is 6.33 Å². The molecule has 2 rings (SSSR count). The first-order valence-corrected chi connectivity index (χ1v) is 6.87. The standard InChI is InChI=1S/C16H17N3O3/c1-10(16(21)22)7-12-3-5-13(6-4-12)19-15(20)14-8-11(2)17-9-18-14/h3-6,8-10H,7H2,1-2H3,(H,19,20)(H,21,22). The SMILES string of the molecule is Cc1cc(C(=O)Nc2ccc(CC(C)C(=O)O)cc2)ncn1. The first kappa shape index (κ1) is 15.6. The van der Waals surface area contributed by atoms with Crippen LogP contribution in [0, 0.1) is 12.8 Å². The van der Waals surface area contributed by atoms with E-state index in [1.54, 1.807) is 44.2 Å². The number of aromatic nitrogens is 2. The molecule has 0 radical (unpaired) electrons. The minimum absolute atomic E-state index is 0.302. The minimum Gasteiger partial charge on any atom is -0.481 e. The van der Waals surface area contributed by atoms with Crippen molar-refractivity contribution in [3.8, 4) is 0 Å². The van der Waals surface area contributed by atoms with Crippen LogP contribution in [-0.4, -0.2) is 27.0 Å². The quantitative estimate of drug-likeness (QED) is 0.883. The van der Waals surface area contributed by atoms with Crippen molar-refractivity contribution < 1.29 is 14.7 Å². The number of aliphatic carboxylic acids is 1. The molecule has 22 heavy (non-hydrogen) atoms. The van der Waals surface area contributed by atoms with Gasteiger partial charge in [-0.15, -0.1) is 0 Å². The Bertz CT molecular complexity index is 683. The lowest BCUT2D eigenvalue weighted by molar-refractivity contribution is -0.141. The second-order valence-corrected chi connectivity index (χ2v) is 5.14. The molecule has 1 unspecified atom stereocenters. The largest absolute Gasteiger partial charge is 0.481 e. The third kappa shape index (κ3) is 4.12. The number of nitrogens with one attached hydrogen (secondary N) is 1. The fourth-order valence-electron chi connectivity index (χ4n) is 1.94. The number of carboxylic acid groups (broad SMARTS) is 1. The van der Waals surface area contributed by atoms with Crippen LogP contribution in [0.3, 0.4) is 0 Å². The Labute approximate surface area is 128 Å². The summed E-state index contributed by atoms with van der Waals surface area (Å²) in [6, 6.07) is 8.71. The lowest BCUT2D eigenvalue weighted by Crippen LogP contribution is -2.14. The van der Waals surface area contributed by atoms with Crippen LogP contribution in [0.15, 0.2) is 36.7 Å². The van der Waals surface area contributed by atoms with E-state index in [1.807, 2.05) is 0 Å². The Kier molecular flexibility index (Phi) is 4.83. The van der Waals surface area contributed by atoms with E-state index in [0.717, 1.165) is 11.3 Å². The van der Waals surface area contributed by atoms with E-state index in [4.69, 9.17) is 5.11 Å². The molecular weight excluding hydrogens is 282 g/mol.